The average molecular weight is 224 g/mol. The van der Waals surface area contributed by atoms with E-state index in [1.165, 1.54) is 12.8 Å². The summed E-state index contributed by atoms with van der Waals surface area (Å²) in [5, 5.41) is 0. The Morgan fingerprint density at radius 3 is 2.69 bits per heavy atom. The number of hydrogen-bond donors (Lipinski definition) is 1. The van der Waals surface area contributed by atoms with Crippen molar-refractivity contribution in [1.82, 2.24) is 4.90 Å². The van der Waals surface area contributed by atoms with Crippen LogP contribution in [0.25, 0.3) is 0 Å². The molecule has 0 spiro atoms. The van der Waals surface area contributed by atoms with E-state index in [-0.39, 0.29) is 5.41 Å². The molecular formula is C13H24N2O. The molecule has 2 rings (SSSR count). The summed E-state index contributed by atoms with van der Waals surface area (Å²) in [5.74, 6) is 1.02. The largest absolute Gasteiger partial charge is 0.339 e. The lowest BCUT2D eigenvalue weighted by molar-refractivity contribution is -0.150. The van der Waals surface area contributed by atoms with Gasteiger partial charge >= 0.3 is 0 Å². The number of nitrogens with zero attached hydrogens (tertiary/aromatic N) is 1. The molecule has 0 aromatic heterocycles. The van der Waals surface area contributed by atoms with Crippen molar-refractivity contribution in [1.29, 1.82) is 0 Å². The van der Waals surface area contributed by atoms with Crippen molar-refractivity contribution in [2.75, 3.05) is 13.1 Å². The first kappa shape index (κ1) is 11.9. The fraction of sp³-hybridized carbons (Fsp3) is 0.923. The third kappa shape index (κ3) is 1.75. The minimum atomic E-state index is -0.197. The Kier molecular flexibility index (Phi) is 3.24. The summed E-state index contributed by atoms with van der Waals surface area (Å²) >= 11 is 0. The quantitative estimate of drug-likeness (QED) is 0.794. The monoisotopic (exact) mass is 224 g/mol. The lowest BCUT2D eigenvalue weighted by Gasteiger charge is -2.47. The zero-order valence-corrected chi connectivity index (χ0v) is 10.5. The van der Waals surface area contributed by atoms with Gasteiger partial charge in [0.1, 0.15) is 0 Å². The number of carbonyl (C=O) groups is 1. The molecule has 2 fully saturated rings. The fourth-order valence-electron chi connectivity index (χ4n) is 3.54. The Morgan fingerprint density at radius 1 is 1.50 bits per heavy atom. The van der Waals surface area contributed by atoms with E-state index in [9.17, 15) is 4.79 Å². The third-order valence-corrected chi connectivity index (χ3v) is 4.43. The van der Waals surface area contributed by atoms with E-state index in [0.29, 0.717) is 24.4 Å². The summed E-state index contributed by atoms with van der Waals surface area (Å²) in [6.07, 6.45) is 5.42. The van der Waals surface area contributed by atoms with Crippen molar-refractivity contribution in [3.8, 4) is 0 Å². The van der Waals surface area contributed by atoms with E-state index in [0.717, 1.165) is 25.8 Å². The number of carbonyl (C=O) groups excluding carboxylic acids is 1. The summed E-state index contributed by atoms with van der Waals surface area (Å²) in [6.45, 7) is 5.87. The van der Waals surface area contributed by atoms with Gasteiger partial charge in [-0.3, -0.25) is 4.79 Å². The second-order valence-electron chi connectivity index (χ2n) is 5.70. The van der Waals surface area contributed by atoms with Crippen LogP contribution in [0.2, 0.25) is 0 Å². The number of nitrogens with two attached hydrogens (primary N) is 1. The highest BCUT2D eigenvalue weighted by Crippen LogP contribution is 2.46. The van der Waals surface area contributed by atoms with Gasteiger partial charge < -0.3 is 10.6 Å². The first-order chi connectivity index (χ1) is 7.63. The number of rotatable bonds is 3. The zero-order valence-electron chi connectivity index (χ0n) is 10.5. The molecule has 1 saturated carbocycles. The number of likely N-dealkylation sites (tertiary alicyclic amines) is 1. The van der Waals surface area contributed by atoms with Crippen LogP contribution in [0.1, 0.15) is 46.0 Å². The second-order valence-corrected chi connectivity index (χ2v) is 5.70. The van der Waals surface area contributed by atoms with Gasteiger partial charge in [0.2, 0.25) is 5.91 Å². The van der Waals surface area contributed by atoms with E-state index in [1.807, 2.05) is 0 Å². The normalized spacial score (nSPS) is 38.6. The molecule has 2 aliphatic rings. The maximum atomic E-state index is 12.5. The highest BCUT2D eigenvalue weighted by Gasteiger charge is 2.50. The van der Waals surface area contributed by atoms with E-state index in [4.69, 9.17) is 5.73 Å². The molecule has 1 aliphatic heterocycles. The third-order valence-electron chi connectivity index (χ3n) is 4.43. The molecule has 1 heterocycles. The summed E-state index contributed by atoms with van der Waals surface area (Å²) < 4.78 is 0. The molecule has 3 nitrogen and oxygen atoms in total. The van der Waals surface area contributed by atoms with Gasteiger partial charge in [0.25, 0.3) is 0 Å². The number of hydrogen-bond acceptors (Lipinski definition) is 2. The topological polar surface area (TPSA) is 46.3 Å². The van der Waals surface area contributed by atoms with Crippen molar-refractivity contribution in [3.05, 3.63) is 0 Å². The van der Waals surface area contributed by atoms with E-state index >= 15 is 0 Å². The molecule has 0 aromatic carbocycles. The van der Waals surface area contributed by atoms with Crippen LogP contribution in [-0.4, -0.2) is 29.9 Å². The number of amides is 1. The molecular weight excluding hydrogens is 200 g/mol. The first-order valence-corrected chi connectivity index (χ1v) is 6.64. The van der Waals surface area contributed by atoms with Crippen LogP contribution in [0, 0.1) is 11.3 Å². The fourth-order valence-corrected chi connectivity index (χ4v) is 3.54. The van der Waals surface area contributed by atoms with E-state index in [1.54, 1.807) is 0 Å². The highest BCUT2D eigenvalue weighted by molar-refractivity contribution is 5.84. The summed E-state index contributed by atoms with van der Waals surface area (Å²) in [6, 6.07) is 0.479. The van der Waals surface area contributed by atoms with Crippen LogP contribution in [0.4, 0.5) is 0 Å². The molecule has 1 atom stereocenters. The molecule has 2 N–H and O–H groups in total. The minimum absolute atomic E-state index is 0.197. The summed E-state index contributed by atoms with van der Waals surface area (Å²) in [5.41, 5.74) is 5.64. The van der Waals surface area contributed by atoms with Crippen molar-refractivity contribution < 1.29 is 4.79 Å². The maximum Gasteiger partial charge on any atom is 0.230 e. The van der Waals surface area contributed by atoms with Gasteiger partial charge in [-0.1, -0.05) is 13.8 Å². The van der Waals surface area contributed by atoms with Crippen molar-refractivity contribution in [2.45, 2.75) is 52.0 Å². The van der Waals surface area contributed by atoms with Gasteiger partial charge in [-0.25, -0.2) is 0 Å². The Morgan fingerprint density at radius 2 is 2.19 bits per heavy atom. The lowest BCUT2D eigenvalue weighted by atomic mass is 9.61. The molecule has 92 valence electrons. The van der Waals surface area contributed by atoms with Crippen LogP contribution < -0.4 is 5.73 Å². The van der Waals surface area contributed by atoms with Gasteiger partial charge in [0, 0.05) is 19.1 Å². The van der Waals surface area contributed by atoms with Crippen LogP contribution in [0.5, 0.6) is 0 Å². The Hall–Kier alpha value is -0.570. The van der Waals surface area contributed by atoms with Gasteiger partial charge in [-0.2, -0.15) is 0 Å². The average Bonchev–Trinajstić information content (AvgIpc) is 2.71. The van der Waals surface area contributed by atoms with Crippen LogP contribution in [-0.2, 0) is 4.79 Å². The molecule has 16 heavy (non-hydrogen) atoms. The predicted molar refractivity (Wildman–Crippen MR) is 64.9 cm³/mol. The van der Waals surface area contributed by atoms with Crippen molar-refractivity contribution in [3.63, 3.8) is 0 Å². The molecule has 0 aromatic rings. The lowest BCUT2D eigenvalue weighted by Crippen LogP contribution is -2.55. The van der Waals surface area contributed by atoms with Crippen LogP contribution in [0.3, 0.4) is 0 Å². The summed E-state index contributed by atoms with van der Waals surface area (Å²) in [7, 11) is 0. The Labute approximate surface area is 98.4 Å². The minimum Gasteiger partial charge on any atom is -0.339 e. The van der Waals surface area contributed by atoms with Crippen LogP contribution in [0.15, 0.2) is 0 Å². The van der Waals surface area contributed by atoms with Gasteiger partial charge in [0.15, 0.2) is 0 Å². The highest BCUT2D eigenvalue weighted by atomic mass is 16.2. The molecule has 3 heteroatoms. The molecule has 1 aliphatic carbocycles. The Bertz CT molecular complexity index is 271. The first-order valence-electron chi connectivity index (χ1n) is 6.64. The molecule has 0 bridgehead atoms. The maximum absolute atomic E-state index is 12.5. The molecule has 1 amide bonds. The molecule has 1 unspecified atom stereocenters. The summed E-state index contributed by atoms with van der Waals surface area (Å²) in [4.78, 5) is 14.7. The molecule has 0 radical (unpaired) electrons. The van der Waals surface area contributed by atoms with E-state index < -0.39 is 0 Å². The smallest absolute Gasteiger partial charge is 0.230 e. The standard InChI is InChI=1S/C13H24N2O/c1-3-11-5-4-6-15(11)12(16)13(9-14)7-10(2)8-13/h10-11H,3-9,14H2,1-2H3. The van der Waals surface area contributed by atoms with Crippen molar-refractivity contribution >= 4 is 5.91 Å². The van der Waals surface area contributed by atoms with Gasteiger partial charge in [-0.05, 0) is 38.0 Å². The van der Waals surface area contributed by atoms with Crippen LogP contribution >= 0.6 is 0 Å². The SMILES string of the molecule is CCC1CCCN1C(=O)C1(CN)CC(C)C1. The van der Waals surface area contributed by atoms with E-state index in [2.05, 4.69) is 18.7 Å². The second kappa shape index (κ2) is 4.36. The zero-order chi connectivity index (χ0) is 11.8. The van der Waals surface area contributed by atoms with Gasteiger partial charge in [-0.15, -0.1) is 0 Å². The molecule has 1 saturated heterocycles. The Balaban J connectivity index is 2.06. The van der Waals surface area contributed by atoms with Gasteiger partial charge in [0.05, 0.1) is 5.41 Å². The van der Waals surface area contributed by atoms with Crippen molar-refractivity contribution in [2.24, 2.45) is 17.1 Å². The predicted octanol–water partition coefficient (Wildman–Crippen LogP) is 1.76.